The predicted octanol–water partition coefficient (Wildman–Crippen LogP) is 9.10. The summed E-state index contributed by atoms with van der Waals surface area (Å²) in [5, 5.41) is 7.27. The number of aromatic amines is 2. The van der Waals surface area contributed by atoms with Crippen LogP contribution in [0, 0.1) is 11.8 Å². The minimum absolute atomic E-state index is 0.181. The number of carbonyl (C=O) groups is 4. The number of alkyl halides is 2. The fraction of sp³-hybridized carbons (Fsp3) is 0.532. The largest absolute Gasteiger partial charge is 0.444 e. The van der Waals surface area contributed by atoms with Gasteiger partial charge in [-0.25, -0.2) is 28.3 Å². The van der Waals surface area contributed by atoms with Crippen LogP contribution >= 0.6 is 0 Å². The molecule has 14 nitrogen and oxygen atoms in total. The maximum atomic E-state index is 15.1. The Morgan fingerprint density at radius 1 is 0.794 bits per heavy atom. The second-order valence-corrected chi connectivity index (χ2v) is 20.0. The molecule has 2 fully saturated rings. The molecule has 2 saturated heterocycles. The van der Waals surface area contributed by atoms with Gasteiger partial charge in [-0.2, -0.15) is 0 Å². The number of hydrogen-bond acceptors (Lipinski definition) is 8. The summed E-state index contributed by atoms with van der Waals surface area (Å²) in [5.41, 5.74) is 2.29. The molecule has 1 unspecified atom stereocenters. The van der Waals surface area contributed by atoms with Crippen molar-refractivity contribution in [2.24, 2.45) is 11.8 Å². The number of benzene rings is 3. The number of imidazole rings is 2. The molecule has 16 heteroatoms. The third-order valence-electron chi connectivity index (χ3n) is 11.8. The van der Waals surface area contributed by atoms with Crippen LogP contribution in [0.15, 0.2) is 48.5 Å². The molecule has 4 atom stereocenters. The first-order valence-electron chi connectivity index (χ1n) is 21.7. The molecule has 2 aliphatic heterocycles. The molecule has 338 valence electrons. The number of hydrogen-bond donors (Lipinski definition) is 4. The van der Waals surface area contributed by atoms with Gasteiger partial charge in [0.1, 0.15) is 34.9 Å². The van der Waals surface area contributed by atoms with Crippen LogP contribution in [-0.4, -0.2) is 96.0 Å². The molecule has 5 aromatic rings. The second-order valence-electron chi connectivity index (χ2n) is 20.0. The van der Waals surface area contributed by atoms with E-state index in [0.717, 1.165) is 44.3 Å². The van der Waals surface area contributed by atoms with Gasteiger partial charge in [-0.1, -0.05) is 52.0 Å². The Bertz CT molecular complexity index is 2570. The summed E-state index contributed by atoms with van der Waals surface area (Å²) >= 11 is 0. The number of rotatable bonds is 9. The van der Waals surface area contributed by atoms with Crippen LogP contribution in [-0.2, 0) is 24.6 Å². The van der Waals surface area contributed by atoms with Gasteiger partial charge in [0, 0.05) is 18.4 Å². The summed E-state index contributed by atoms with van der Waals surface area (Å²) in [6.45, 7) is 19.4. The summed E-state index contributed by atoms with van der Waals surface area (Å²) in [4.78, 5) is 72.9. The number of ether oxygens (including phenoxy) is 2. The first-order valence-corrected chi connectivity index (χ1v) is 21.7. The summed E-state index contributed by atoms with van der Waals surface area (Å²) in [6, 6.07) is 12.8. The highest BCUT2D eigenvalue weighted by molar-refractivity contribution is 6.05. The van der Waals surface area contributed by atoms with Crippen LogP contribution in [0.3, 0.4) is 0 Å². The number of amides is 4. The molecule has 63 heavy (non-hydrogen) atoms. The van der Waals surface area contributed by atoms with Gasteiger partial charge in [0.15, 0.2) is 0 Å². The van der Waals surface area contributed by atoms with Crippen molar-refractivity contribution in [1.82, 2.24) is 40.4 Å². The van der Waals surface area contributed by atoms with Crippen molar-refractivity contribution >= 4 is 56.8 Å². The molecule has 0 bridgehead atoms. The minimum atomic E-state index is -3.16. The molecular weight excluding hydrogens is 811 g/mol. The fourth-order valence-electron chi connectivity index (χ4n) is 8.70. The third-order valence-corrected chi connectivity index (χ3v) is 11.8. The highest BCUT2D eigenvalue weighted by Gasteiger charge is 2.51. The maximum absolute atomic E-state index is 15.1. The van der Waals surface area contributed by atoms with Crippen LogP contribution in [0.1, 0.15) is 113 Å². The summed E-state index contributed by atoms with van der Waals surface area (Å²) < 4.78 is 41.0. The first-order chi connectivity index (χ1) is 29.3. The van der Waals surface area contributed by atoms with Crippen LogP contribution in [0.4, 0.5) is 18.4 Å². The van der Waals surface area contributed by atoms with Gasteiger partial charge in [0.05, 0.1) is 40.2 Å². The number of alkyl carbamates (subject to hydrolysis) is 2. The van der Waals surface area contributed by atoms with Crippen molar-refractivity contribution in [1.29, 1.82) is 0 Å². The van der Waals surface area contributed by atoms with Crippen molar-refractivity contribution < 1.29 is 37.4 Å². The fourth-order valence-corrected chi connectivity index (χ4v) is 8.70. The molecule has 4 N–H and O–H groups in total. The number of halogens is 2. The average molecular weight is 871 g/mol. The average Bonchev–Trinajstić information content (AvgIpc) is 3.97. The molecule has 7 rings (SSSR count). The highest BCUT2D eigenvalue weighted by atomic mass is 19.3. The Hall–Kier alpha value is -5.80. The molecule has 0 radical (unpaired) electrons. The van der Waals surface area contributed by atoms with Gasteiger partial charge in [-0.05, 0) is 114 Å². The van der Waals surface area contributed by atoms with Crippen molar-refractivity contribution in [3.8, 4) is 11.1 Å². The Balaban J connectivity index is 1.13. The van der Waals surface area contributed by atoms with E-state index in [4.69, 9.17) is 14.5 Å². The van der Waals surface area contributed by atoms with E-state index >= 15 is 8.78 Å². The SMILES string of the molecule is CC(C)[C@H](NC(=O)OC(C)(C)C)C(=O)N1CC(F)(F)C[C@H]1c1nc2ccc(-c3ccc4c(ccc5[nH]c(C6(C)CCCN6C(=O)[C@@H](NC(=O)OC(C)(C)C)C(C)C)nc54)c3)cc2[nH]1. The van der Waals surface area contributed by atoms with Crippen molar-refractivity contribution in [3.05, 3.63) is 60.2 Å². The maximum Gasteiger partial charge on any atom is 0.408 e. The van der Waals surface area contributed by atoms with Gasteiger partial charge in [0.25, 0.3) is 5.92 Å². The van der Waals surface area contributed by atoms with Crippen LogP contribution in [0.2, 0.25) is 0 Å². The molecule has 4 heterocycles. The van der Waals surface area contributed by atoms with Gasteiger partial charge in [-0.15, -0.1) is 0 Å². The zero-order valence-electron chi connectivity index (χ0n) is 38.0. The Morgan fingerprint density at radius 3 is 2.02 bits per heavy atom. The van der Waals surface area contributed by atoms with Gasteiger partial charge in [-0.3, -0.25) is 9.59 Å². The lowest BCUT2D eigenvalue weighted by Crippen LogP contribution is -2.55. The van der Waals surface area contributed by atoms with E-state index in [1.54, 1.807) is 55.4 Å². The molecule has 2 aliphatic rings. The first kappa shape index (κ1) is 45.2. The Labute approximate surface area is 366 Å². The third kappa shape index (κ3) is 9.45. The molecule has 4 amide bonds. The van der Waals surface area contributed by atoms with E-state index in [0.29, 0.717) is 29.8 Å². The van der Waals surface area contributed by atoms with Crippen molar-refractivity contribution in [2.75, 3.05) is 13.1 Å². The van der Waals surface area contributed by atoms with Gasteiger partial charge < -0.3 is 39.9 Å². The Morgan fingerprint density at radius 2 is 1.40 bits per heavy atom. The van der Waals surface area contributed by atoms with E-state index in [1.807, 2.05) is 68.1 Å². The monoisotopic (exact) mass is 870 g/mol. The molecule has 2 aromatic heterocycles. The highest BCUT2D eigenvalue weighted by Crippen LogP contribution is 2.43. The number of nitrogens with one attached hydrogen (secondary N) is 4. The number of likely N-dealkylation sites (tertiary alicyclic amines) is 2. The van der Waals surface area contributed by atoms with Crippen molar-refractivity contribution in [2.45, 2.75) is 136 Å². The van der Waals surface area contributed by atoms with Gasteiger partial charge in [0.2, 0.25) is 11.8 Å². The smallest absolute Gasteiger partial charge is 0.408 e. The normalized spacial score (nSPS) is 20.2. The standard InChI is InChI=1S/C47H60F2N8O6/c1-25(2)35(54-42(60)62-44(5,6)7)39(58)56-24-47(48,49)23-34(56)38-50-31-17-14-28(22-33(31)51-38)27-13-16-30-29(21-27)15-18-32-37(30)53-41(52-32)46(11)19-12-20-57(46)40(59)36(26(3)4)55-43(61)63-45(8,9)10/h13-18,21-22,25-26,34-36H,12,19-20,23-24H2,1-11H3,(H,50,51)(H,52,53)(H,54,60)(H,55,61)/t34-,35-,36-,46?/m0/s1. The summed E-state index contributed by atoms with van der Waals surface area (Å²) in [6.07, 6.45) is -0.586. The zero-order chi connectivity index (χ0) is 46.0. The number of carbonyl (C=O) groups excluding carboxylic acids is 4. The second kappa shape index (κ2) is 16.4. The topological polar surface area (TPSA) is 175 Å². The lowest BCUT2D eigenvalue weighted by Gasteiger charge is -2.37. The molecule has 0 aliphatic carbocycles. The summed E-state index contributed by atoms with van der Waals surface area (Å²) in [5.74, 6) is -3.66. The molecular formula is C47H60F2N8O6. The zero-order valence-corrected chi connectivity index (χ0v) is 38.0. The van der Waals surface area contributed by atoms with Gasteiger partial charge >= 0.3 is 12.2 Å². The van der Waals surface area contributed by atoms with E-state index in [2.05, 4.69) is 31.7 Å². The molecule has 0 spiro atoms. The van der Waals surface area contributed by atoms with E-state index in [-0.39, 0.29) is 17.6 Å². The quantitative estimate of drug-likeness (QED) is 0.113. The lowest BCUT2D eigenvalue weighted by atomic mass is 9.95. The molecule has 3 aromatic carbocycles. The number of nitrogens with zero attached hydrogens (tertiary/aromatic N) is 4. The summed E-state index contributed by atoms with van der Waals surface area (Å²) in [7, 11) is 0. The predicted molar refractivity (Wildman–Crippen MR) is 237 cm³/mol. The number of aromatic nitrogens is 4. The molecule has 0 saturated carbocycles. The van der Waals surface area contributed by atoms with E-state index in [1.165, 1.54) is 0 Å². The van der Waals surface area contributed by atoms with Crippen molar-refractivity contribution in [3.63, 3.8) is 0 Å². The number of H-pyrrole nitrogens is 2. The Kier molecular flexibility index (Phi) is 11.8. The van der Waals surface area contributed by atoms with Crippen LogP contribution in [0.25, 0.3) is 44.0 Å². The van der Waals surface area contributed by atoms with E-state index < -0.39 is 77.8 Å². The lowest BCUT2D eigenvalue weighted by molar-refractivity contribution is -0.139. The number of fused-ring (bicyclic) bond motifs is 4. The van der Waals surface area contributed by atoms with Crippen LogP contribution in [0.5, 0.6) is 0 Å². The minimum Gasteiger partial charge on any atom is -0.444 e. The van der Waals surface area contributed by atoms with Crippen LogP contribution < -0.4 is 10.6 Å². The van der Waals surface area contributed by atoms with E-state index in [9.17, 15) is 19.2 Å².